The molecule has 0 aliphatic heterocycles. The molecule has 0 aliphatic carbocycles. The van der Waals surface area contributed by atoms with Crippen molar-refractivity contribution in [1.29, 1.82) is 0 Å². The van der Waals surface area contributed by atoms with Crippen molar-refractivity contribution in [3.8, 4) is 0 Å². The second kappa shape index (κ2) is 6.33. The van der Waals surface area contributed by atoms with Gasteiger partial charge in [-0.25, -0.2) is 13.8 Å². The van der Waals surface area contributed by atoms with Crippen molar-refractivity contribution in [2.75, 3.05) is 5.88 Å². The highest BCUT2D eigenvalue weighted by Gasteiger charge is 2.16. The maximum Gasteiger partial charge on any atom is 0.184 e. The fourth-order valence-electron chi connectivity index (χ4n) is 2.24. The number of nitrogens with zero attached hydrogens (tertiary/aromatic N) is 2. The third-order valence-corrected chi connectivity index (χ3v) is 3.37. The van der Waals surface area contributed by atoms with Gasteiger partial charge in [0.1, 0.15) is 11.3 Å². The van der Waals surface area contributed by atoms with Crippen LogP contribution in [0.2, 0.25) is 0 Å². The van der Waals surface area contributed by atoms with E-state index in [4.69, 9.17) is 11.6 Å². The summed E-state index contributed by atoms with van der Waals surface area (Å²) in [7, 11) is 0. The van der Waals surface area contributed by atoms with Gasteiger partial charge in [0, 0.05) is 18.8 Å². The van der Waals surface area contributed by atoms with Crippen LogP contribution < -0.4 is 0 Å². The summed E-state index contributed by atoms with van der Waals surface area (Å²) in [6, 6.07) is 2.63. The summed E-state index contributed by atoms with van der Waals surface area (Å²) in [6.07, 6.45) is 3.61. The second-order valence-corrected chi connectivity index (χ2v) is 4.93. The minimum absolute atomic E-state index is 0.260. The van der Waals surface area contributed by atoms with Gasteiger partial charge in [-0.2, -0.15) is 0 Å². The summed E-state index contributed by atoms with van der Waals surface area (Å²) in [5.41, 5.74) is 0.756. The first kappa shape index (κ1) is 14.3. The van der Waals surface area contributed by atoms with Gasteiger partial charge in [0.05, 0.1) is 5.52 Å². The van der Waals surface area contributed by atoms with E-state index in [-0.39, 0.29) is 5.52 Å². The van der Waals surface area contributed by atoms with Crippen LogP contribution in [0.1, 0.15) is 32.0 Å². The second-order valence-electron chi connectivity index (χ2n) is 4.55. The van der Waals surface area contributed by atoms with Crippen LogP contribution in [0.4, 0.5) is 8.78 Å². The van der Waals surface area contributed by atoms with Crippen molar-refractivity contribution in [3.05, 3.63) is 29.6 Å². The van der Waals surface area contributed by atoms with Crippen molar-refractivity contribution in [3.63, 3.8) is 0 Å². The third-order valence-electron chi connectivity index (χ3n) is 3.18. The minimum atomic E-state index is -0.832. The van der Waals surface area contributed by atoms with E-state index < -0.39 is 11.6 Å². The van der Waals surface area contributed by atoms with Crippen molar-refractivity contribution < 1.29 is 8.78 Å². The Kier molecular flexibility index (Phi) is 4.75. The van der Waals surface area contributed by atoms with Crippen molar-refractivity contribution in [2.45, 2.75) is 39.2 Å². The predicted octanol–water partition coefficient (Wildman–Crippen LogP) is 4.29. The molecule has 0 bridgehead atoms. The number of fused-ring (bicyclic) bond motifs is 1. The number of halogens is 3. The highest BCUT2D eigenvalue weighted by molar-refractivity contribution is 6.17. The lowest BCUT2D eigenvalue weighted by Crippen LogP contribution is -2.06. The maximum absolute atomic E-state index is 14.0. The van der Waals surface area contributed by atoms with Gasteiger partial charge in [0.25, 0.3) is 0 Å². The van der Waals surface area contributed by atoms with Gasteiger partial charge in [0.2, 0.25) is 0 Å². The number of aryl methyl sites for hydroxylation is 2. The average molecular weight is 287 g/mol. The lowest BCUT2D eigenvalue weighted by atomic mass is 10.2. The van der Waals surface area contributed by atoms with Crippen LogP contribution in [0, 0.1) is 11.6 Å². The molecular weight excluding hydrogens is 270 g/mol. The molecule has 2 aromatic rings. The Hall–Kier alpha value is -1.16. The van der Waals surface area contributed by atoms with Crippen LogP contribution in [0.3, 0.4) is 0 Å². The molecule has 19 heavy (non-hydrogen) atoms. The number of benzene rings is 1. The Labute approximate surface area is 116 Å². The van der Waals surface area contributed by atoms with Crippen LogP contribution in [-0.4, -0.2) is 15.4 Å². The molecule has 0 saturated carbocycles. The van der Waals surface area contributed by atoms with E-state index >= 15 is 0 Å². The molecule has 0 amide bonds. The zero-order valence-corrected chi connectivity index (χ0v) is 11.7. The zero-order valence-electron chi connectivity index (χ0n) is 10.9. The fraction of sp³-hybridized carbons (Fsp3) is 0.500. The summed E-state index contributed by atoms with van der Waals surface area (Å²) in [5, 5.41) is 0. The summed E-state index contributed by atoms with van der Waals surface area (Å²) >= 11 is 5.75. The van der Waals surface area contributed by atoms with Crippen molar-refractivity contribution in [1.82, 2.24) is 9.55 Å². The molecule has 0 radical (unpaired) electrons. The Balaban J connectivity index is 2.47. The zero-order chi connectivity index (χ0) is 13.8. The first-order valence-corrected chi connectivity index (χ1v) is 7.11. The molecule has 0 unspecified atom stereocenters. The first-order valence-electron chi connectivity index (χ1n) is 6.58. The molecule has 104 valence electrons. The number of hydrogen-bond donors (Lipinski definition) is 0. The normalized spacial score (nSPS) is 11.4. The molecule has 0 fully saturated rings. The van der Waals surface area contributed by atoms with Gasteiger partial charge in [-0.15, -0.1) is 11.6 Å². The van der Waals surface area contributed by atoms with Gasteiger partial charge < -0.3 is 4.57 Å². The van der Waals surface area contributed by atoms with Crippen LogP contribution >= 0.6 is 11.6 Å². The van der Waals surface area contributed by atoms with Crippen molar-refractivity contribution >= 4 is 22.6 Å². The molecule has 0 N–H and O–H groups in total. The number of alkyl halides is 1. The number of aromatic nitrogens is 2. The summed E-state index contributed by atoms with van der Waals surface area (Å²) in [4.78, 5) is 4.35. The minimum Gasteiger partial charge on any atom is -0.325 e. The van der Waals surface area contributed by atoms with E-state index in [2.05, 4.69) is 11.9 Å². The molecule has 1 heterocycles. The molecule has 2 nitrogen and oxygen atoms in total. The van der Waals surface area contributed by atoms with E-state index in [0.717, 1.165) is 31.2 Å². The molecule has 1 aromatic carbocycles. The van der Waals surface area contributed by atoms with Crippen LogP contribution in [0.5, 0.6) is 0 Å². The first-order chi connectivity index (χ1) is 9.19. The average Bonchev–Trinajstić information content (AvgIpc) is 2.74. The van der Waals surface area contributed by atoms with Gasteiger partial charge in [-0.05, 0) is 18.6 Å². The highest BCUT2D eigenvalue weighted by Crippen LogP contribution is 2.23. The Morgan fingerprint density at radius 3 is 2.74 bits per heavy atom. The molecule has 0 saturated heterocycles. The Morgan fingerprint density at radius 1 is 1.26 bits per heavy atom. The smallest absolute Gasteiger partial charge is 0.184 e. The fourth-order valence-corrected chi connectivity index (χ4v) is 2.41. The standard InChI is InChI=1S/C14H17ClF2N2/c1-2-3-4-9-19-12(7-8-15)18-11-6-5-10(16)13(17)14(11)19/h5-6H,2-4,7-9H2,1H3. The van der Waals surface area contributed by atoms with Gasteiger partial charge in [-0.1, -0.05) is 19.8 Å². The lowest BCUT2D eigenvalue weighted by Gasteiger charge is -2.08. The monoisotopic (exact) mass is 286 g/mol. The van der Waals surface area contributed by atoms with Crippen LogP contribution in [-0.2, 0) is 13.0 Å². The van der Waals surface area contributed by atoms with Crippen LogP contribution in [0.25, 0.3) is 11.0 Å². The predicted molar refractivity (Wildman–Crippen MR) is 73.6 cm³/mol. The van der Waals surface area contributed by atoms with E-state index in [1.807, 2.05) is 0 Å². The van der Waals surface area contributed by atoms with E-state index in [1.165, 1.54) is 6.07 Å². The quantitative estimate of drug-likeness (QED) is 0.572. The van der Waals surface area contributed by atoms with Crippen molar-refractivity contribution in [2.24, 2.45) is 0 Å². The number of imidazole rings is 1. The number of unbranched alkanes of at least 4 members (excludes halogenated alkanes) is 2. The number of hydrogen-bond acceptors (Lipinski definition) is 1. The highest BCUT2D eigenvalue weighted by atomic mass is 35.5. The summed E-state index contributed by atoms with van der Waals surface area (Å²) in [5.74, 6) is -0.504. The third kappa shape index (κ3) is 2.89. The SMILES string of the molecule is CCCCCn1c(CCCl)nc2ccc(F)c(F)c21. The van der Waals surface area contributed by atoms with Gasteiger partial charge in [0.15, 0.2) is 11.6 Å². The Bertz CT molecular complexity index is 566. The van der Waals surface area contributed by atoms with E-state index in [9.17, 15) is 8.78 Å². The molecule has 0 atom stereocenters. The molecule has 0 aliphatic rings. The molecule has 2 rings (SSSR count). The van der Waals surface area contributed by atoms with E-state index in [1.54, 1.807) is 4.57 Å². The summed E-state index contributed by atoms with van der Waals surface area (Å²) in [6.45, 7) is 2.75. The lowest BCUT2D eigenvalue weighted by molar-refractivity contribution is 0.507. The largest absolute Gasteiger partial charge is 0.325 e. The summed E-state index contributed by atoms with van der Waals surface area (Å²) < 4.78 is 29.1. The van der Waals surface area contributed by atoms with Gasteiger partial charge in [-0.3, -0.25) is 0 Å². The van der Waals surface area contributed by atoms with E-state index in [0.29, 0.717) is 24.4 Å². The Morgan fingerprint density at radius 2 is 2.05 bits per heavy atom. The molecule has 0 spiro atoms. The molecule has 5 heteroatoms. The molecular formula is C14H17ClF2N2. The van der Waals surface area contributed by atoms with Gasteiger partial charge >= 0.3 is 0 Å². The molecule has 1 aromatic heterocycles. The topological polar surface area (TPSA) is 17.8 Å². The maximum atomic E-state index is 14.0. The van der Waals surface area contributed by atoms with Crippen LogP contribution in [0.15, 0.2) is 12.1 Å². The number of rotatable bonds is 6.